The van der Waals surface area contributed by atoms with Gasteiger partial charge in [0.2, 0.25) is 0 Å². The highest BCUT2D eigenvalue weighted by Crippen LogP contribution is 2.15. The molecule has 0 amide bonds. The second-order valence-electron chi connectivity index (χ2n) is 4.16. The Bertz CT molecular complexity index is 119. The zero-order valence-electron chi connectivity index (χ0n) is 7.81. The third kappa shape index (κ3) is 2.80. The molecule has 0 bridgehead atoms. The van der Waals surface area contributed by atoms with Gasteiger partial charge < -0.3 is 10.1 Å². The normalized spacial score (nSPS) is 21.8. The van der Waals surface area contributed by atoms with Crippen LogP contribution in [0.15, 0.2) is 0 Å². The van der Waals surface area contributed by atoms with Crippen molar-refractivity contribution in [2.75, 3.05) is 19.8 Å². The van der Waals surface area contributed by atoms with Crippen LogP contribution in [0.5, 0.6) is 0 Å². The van der Waals surface area contributed by atoms with E-state index in [9.17, 15) is 0 Å². The Kier molecular flexibility index (Phi) is 2.90. The van der Waals surface area contributed by atoms with Crippen LogP contribution in [-0.4, -0.2) is 25.3 Å². The van der Waals surface area contributed by atoms with Crippen LogP contribution >= 0.6 is 0 Å². The first kappa shape index (κ1) is 9.01. The molecule has 0 spiro atoms. The Morgan fingerprint density at radius 2 is 2.09 bits per heavy atom. The lowest BCUT2D eigenvalue weighted by atomic mass is 10.00. The van der Waals surface area contributed by atoms with Crippen molar-refractivity contribution in [3.8, 4) is 0 Å². The molecule has 1 saturated heterocycles. The highest BCUT2D eigenvalue weighted by atomic mass is 16.5. The van der Waals surface area contributed by atoms with E-state index in [2.05, 4.69) is 26.1 Å². The molecule has 1 heterocycles. The van der Waals surface area contributed by atoms with Crippen molar-refractivity contribution in [1.29, 1.82) is 0 Å². The standard InChI is InChI=1S/C9H19NO/c1-8(2)4-5-10-9(3)6-11-7-9/h8,10H,4-7H2,1-3H3. The molecule has 0 aliphatic carbocycles. The lowest BCUT2D eigenvalue weighted by Gasteiger charge is -2.39. The van der Waals surface area contributed by atoms with E-state index < -0.39 is 0 Å². The summed E-state index contributed by atoms with van der Waals surface area (Å²) in [6, 6.07) is 0. The summed E-state index contributed by atoms with van der Waals surface area (Å²) >= 11 is 0. The highest BCUT2D eigenvalue weighted by Gasteiger charge is 2.32. The maximum Gasteiger partial charge on any atom is 0.0669 e. The van der Waals surface area contributed by atoms with Crippen LogP contribution in [0.3, 0.4) is 0 Å². The molecule has 1 N–H and O–H groups in total. The average molecular weight is 157 g/mol. The van der Waals surface area contributed by atoms with Gasteiger partial charge >= 0.3 is 0 Å². The van der Waals surface area contributed by atoms with E-state index in [1.54, 1.807) is 0 Å². The van der Waals surface area contributed by atoms with Crippen molar-refractivity contribution in [2.45, 2.75) is 32.7 Å². The van der Waals surface area contributed by atoms with Crippen molar-refractivity contribution in [2.24, 2.45) is 5.92 Å². The number of hydrogen-bond donors (Lipinski definition) is 1. The Morgan fingerprint density at radius 3 is 2.45 bits per heavy atom. The quantitative estimate of drug-likeness (QED) is 0.666. The third-order valence-corrected chi connectivity index (χ3v) is 2.11. The van der Waals surface area contributed by atoms with Gasteiger partial charge in [0.25, 0.3) is 0 Å². The maximum absolute atomic E-state index is 5.13. The summed E-state index contributed by atoms with van der Waals surface area (Å²) in [5.74, 6) is 0.798. The molecule has 2 heteroatoms. The SMILES string of the molecule is CC(C)CCNC1(C)COC1. The Morgan fingerprint density at radius 1 is 1.45 bits per heavy atom. The fourth-order valence-corrected chi connectivity index (χ4v) is 1.17. The fourth-order valence-electron chi connectivity index (χ4n) is 1.17. The van der Waals surface area contributed by atoms with E-state index in [-0.39, 0.29) is 5.54 Å². The molecular weight excluding hydrogens is 138 g/mol. The Hall–Kier alpha value is -0.0800. The molecule has 11 heavy (non-hydrogen) atoms. The molecule has 0 saturated carbocycles. The molecule has 1 rings (SSSR count). The van der Waals surface area contributed by atoms with Gasteiger partial charge in [0.1, 0.15) is 0 Å². The smallest absolute Gasteiger partial charge is 0.0669 e. The van der Waals surface area contributed by atoms with Crippen LogP contribution in [0, 0.1) is 5.92 Å². The van der Waals surface area contributed by atoms with Gasteiger partial charge in [-0.25, -0.2) is 0 Å². The van der Waals surface area contributed by atoms with Gasteiger partial charge in [0, 0.05) is 0 Å². The van der Waals surface area contributed by atoms with Gasteiger partial charge in [-0.1, -0.05) is 13.8 Å². The zero-order valence-corrected chi connectivity index (χ0v) is 7.81. The third-order valence-electron chi connectivity index (χ3n) is 2.11. The molecule has 0 radical (unpaired) electrons. The molecular formula is C9H19NO. The lowest BCUT2D eigenvalue weighted by Crippen LogP contribution is -2.58. The lowest BCUT2D eigenvalue weighted by molar-refractivity contribution is -0.0641. The van der Waals surface area contributed by atoms with E-state index in [0.29, 0.717) is 0 Å². The topological polar surface area (TPSA) is 21.3 Å². The van der Waals surface area contributed by atoms with E-state index >= 15 is 0 Å². The first-order valence-electron chi connectivity index (χ1n) is 4.45. The average Bonchev–Trinajstić information content (AvgIpc) is 1.83. The number of nitrogens with one attached hydrogen (secondary N) is 1. The molecule has 0 aromatic carbocycles. The van der Waals surface area contributed by atoms with Crippen molar-refractivity contribution in [3.63, 3.8) is 0 Å². The van der Waals surface area contributed by atoms with Crippen LogP contribution < -0.4 is 5.32 Å². The van der Waals surface area contributed by atoms with Gasteiger partial charge in [-0.15, -0.1) is 0 Å². The summed E-state index contributed by atoms with van der Waals surface area (Å²) in [4.78, 5) is 0. The molecule has 1 aliphatic heterocycles. The van der Waals surface area contributed by atoms with Crippen molar-refractivity contribution in [1.82, 2.24) is 5.32 Å². The monoisotopic (exact) mass is 157 g/mol. The number of ether oxygens (including phenoxy) is 1. The van der Waals surface area contributed by atoms with Gasteiger partial charge in [0.05, 0.1) is 18.8 Å². The molecule has 0 aromatic rings. The van der Waals surface area contributed by atoms with E-state index in [1.807, 2.05) is 0 Å². The first-order chi connectivity index (χ1) is 5.12. The summed E-state index contributed by atoms with van der Waals surface area (Å²) in [7, 11) is 0. The zero-order chi connectivity index (χ0) is 8.32. The van der Waals surface area contributed by atoms with Crippen molar-refractivity contribution >= 4 is 0 Å². The first-order valence-corrected chi connectivity index (χ1v) is 4.45. The summed E-state index contributed by atoms with van der Waals surface area (Å²) in [5.41, 5.74) is 0.287. The van der Waals surface area contributed by atoms with Gasteiger partial charge in [-0.05, 0) is 25.8 Å². The Labute approximate surface area is 69.3 Å². The summed E-state index contributed by atoms with van der Waals surface area (Å²) in [6.45, 7) is 9.60. The number of rotatable bonds is 4. The summed E-state index contributed by atoms with van der Waals surface area (Å²) in [5, 5.41) is 3.50. The molecule has 0 unspecified atom stereocenters. The fraction of sp³-hybridized carbons (Fsp3) is 1.00. The second kappa shape index (κ2) is 3.55. The maximum atomic E-state index is 5.13. The van der Waals surface area contributed by atoms with E-state index in [0.717, 1.165) is 25.7 Å². The van der Waals surface area contributed by atoms with E-state index in [1.165, 1.54) is 6.42 Å². The van der Waals surface area contributed by atoms with Gasteiger partial charge in [-0.3, -0.25) is 0 Å². The molecule has 2 nitrogen and oxygen atoms in total. The molecule has 0 atom stereocenters. The van der Waals surface area contributed by atoms with Crippen molar-refractivity contribution in [3.05, 3.63) is 0 Å². The summed E-state index contributed by atoms with van der Waals surface area (Å²) in [6.07, 6.45) is 1.26. The second-order valence-corrected chi connectivity index (χ2v) is 4.16. The highest BCUT2D eigenvalue weighted by molar-refractivity contribution is 4.89. The summed E-state index contributed by atoms with van der Waals surface area (Å²) < 4.78 is 5.13. The van der Waals surface area contributed by atoms with Crippen LogP contribution in [0.25, 0.3) is 0 Å². The van der Waals surface area contributed by atoms with E-state index in [4.69, 9.17) is 4.74 Å². The van der Waals surface area contributed by atoms with Crippen LogP contribution in [0.1, 0.15) is 27.2 Å². The van der Waals surface area contributed by atoms with Crippen LogP contribution in [0.4, 0.5) is 0 Å². The minimum atomic E-state index is 0.287. The predicted octanol–water partition coefficient (Wildman–Crippen LogP) is 1.41. The van der Waals surface area contributed by atoms with Crippen LogP contribution in [0.2, 0.25) is 0 Å². The minimum Gasteiger partial charge on any atom is -0.377 e. The van der Waals surface area contributed by atoms with Gasteiger partial charge in [-0.2, -0.15) is 0 Å². The molecule has 66 valence electrons. The largest absolute Gasteiger partial charge is 0.377 e. The Balaban J connectivity index is 2.02. The van der Waals surface area contributed by atoms with Crippen LogP contribution in [-0.2, 0) is 4.74 Å². The number of hydrogen-bond acceptors (Lipinski definition) is 2. The minimum absolute atomic E-state index is 0.287. The van der Waals surface area contributed by atoms with Crippen molar-refractivity contribution < 1.29 is 4.74 Å². The molecule has 1 aliphatic rings. The van der Waals surface area contributed by atoms with Gasteiger partial charge in [0.15, 0.2) is 0 Å². The predicted molar refractivity (Wildman–Crippen MR) is 46.7 cm³/mol. The molecule has 0 aromatic heterocycles. The molecule has 1 fully saturated rings.